The first-order valence-corrected chi connectivity index (χ1v) is 5.63. The molecule has 0 unspecified atom stereocenters. The van der Waals surface area contributed by atoms with Gasteiger partial charge in [-0.2, -0.15) is 13.2 Å². The maximum absolute atomic E-state index is 12.6. The summed E-state index contributed by atoms with van der Waals surface area (Å²) in [6.07, 6.45) is -3.21. The Labute approximate surface area is 113 Å². The number of nitro groups is 1. The average Bonchev–Trinajstić information content (AvgIpc) is 2.36. The molecule has 1 N–H and O–H groups in total. The zero-order valence-electron chi connectivity index (χ0n) is 10.4. The van der Waals surface area contributed by atoms with Crippen LogP contribution < -0.4 is 4.90 Å². The number of rotatable bonds is 6. The molecule has 5 nitrogen and oxygen atoms in total. The number of halogens is 3. The van der Waals surface area contributed by atoms with Gasteiger partial charge in [0.1, 0.15) is 5.69 Å². The Morgan fingerprint density at radius 3 is 2.55 bits per heavy atom. The fourth-order valence-electron chi connectivity index (χ4n) is 1.70. The third kappa shape index (κ3) is 3.70. The zero-order valence-corrected chi connectivity index (χ0v) is 10.4. The highest BCUT2D eigenvalue weighted by atomic mass is 19.4. The zero-order chi connectivity index (χ0) is 15.3. The van der Waals surface area contributed by atoms with Crippen molar-refractivity contribution in [3.8, 4) is 0 Å². The summed E-state index contributed by atoms with van der Waals surface area (Å²) in [7, 11) is 0. The van der Waals surface area contributed by atoms with Gasteiger partial charge in [-0.25, -0.2) is 0 Å². The van der Waals surface area contributed by atoms with Gasteiger partial charge in [0.2, 0.25) is 0 Å². The average molecular weight is 290 g/mol. The van der Waals surface area contributed by atoms with Crippen LogP contribution in [0.25, 0.3) is 0 Å². The minimum atomic E-state index is -4.65. The molecule has 1 aromatic carbocycles. The summed E-state index contributed by atoms with van der Waals surface area (Å²) in [5, 5.41) is 19.8. The highest BCUT2D eigenvalue weighted by molar-refractivity contribution is 5.65. The van der Waals surface area contributed by atoms with E-state index in [9.17, 15) is 23.3 Å². The van der Waals surface area contributed by atoms with Crippen LogP contribution in [0.15, 0.2) is 30.9 Å². The van der Waals surface area contributed by atoms with Crippen molar-refractivity contribution >= 4 is 11.4 Å². The van der Waals surface area contributed by atoms with Crippen LogP contribution in [0, 0.1) is 10.1 Å². The summed E-state index contributed by atoms with van der Waals surface area (Å²) in [5.41, 5.74) is -1.73. The van der Waals surface area contributed by atoms with Crippen LogP contribution in [0.4, 0.5) is 24.5 Å². The van der Waals surface area contributed by atoms with Gasteiger partial charge in [0.05, 0.1) is 17.1 Å². The molecule has 1 rings (SSSR count). The number of anilines is 1. The van der Waals surface area contributed by atoms with Gasteiger partial charge in [-0.3, -0.25) is 10.1 Å². The molecular weight excluding hydrogens is 277 g/mol. The largest absolute Gasteiger partial charge is 0.416 e. The molecule has 110 valence electrons. The number of alkyl halides is 3. The predicted octanol–water partition coefficient (Wildman–Crippen LogP) is 2.60. The smallest absolute Gasteiger partial charge is 0.395 e. The number of aliphatic hydroxyl groups excluding tert-OH is 1. The van der Waals surface area contributed by atoms with Crippen molar-refractivity contribution in [3.05, 3.63) is 46.5 Å². The minimum Gasteiger partial charge on any atom is -0.395 e. The van der Waals surface area contributed by atoms with Crippen molar-refractivity contribution in [1.29, 1.82) is 0 Å². The summed E-state index contributed by atoms with van der Waals surface area (Å²) in [6, 6.07) is 2.29. The van der Waals surface area contributed by atoms with Crippen LogP contribution in [-0.2, 0) is 6.18 Å². The van der Waals surface area contributed by atoms with Gasteiger partial charge < -0.3 is 10.0 Å². The lowest BCUT2D eigenvalue weighted by Crippen LogP contribution is -2.27. The Morgan fingerprint density at radius 2 is 2.10 bits per heavy atom. The van der Waals surface area contributed by atoms with Crippen molar-refractivity contribution in [2.45, 2.75) is 6.18 Å². The van der Waals surface area contributed by atoms with Crippen LogP contribution in [0.5, 0.6) is 0 Å². The quantitative estimate of drug-likeness (QED) is 0.497. The van der Waals surface area contributed by atoms with Gasteiger partial charge in [0.15, 0.2) is 0 Å². The molecule has 0 aliphatic heterocycles. The van der Waals surface area contributed by atoms with E-state index in [1.165, 1.54) is 11.0 Å². The van der Waals surface area contributed by atoms with E-state index in [2.05, 4.69) is 6.58 Å². The molecule has 20 heavy (non-hydrogen) atoms. The molecule has 0 fully saturated rings. The fraction of sp³-hybridized carbons (Fsp3) is 0.333. The van der Waals surface area contributed by atoms with E-state index in [1.807, 2.05) is 0 Å². The lowest BCUT2D eigenvalue weighted by molar-refractivity contribution is -0.384. The number of hydrogen-bond acceptors (Lipinski definition) is 4. The van der Waals surface area contributed by atoms with Gasteiger partial charge in [-0.05, 0) is 12.1 Å². The molecule has 0 heterocycles. The molecule has 0 aliphatic carbocycles. The topological polar surface area (TPSA) is 66.6 Å². The van der Waals surface area contributed by atoms with Gasteiger partial charge >= 0.3 is 6.18 Å². The van der Waals surface area contributed by atoms with Crippen LogP contribution >= 0.6 is 0 Å². The summed E-state index contributed by atoms with van der Waals surface area (Å²) < 4.78 is 37.7. The summed E-state index contributed by atoms with van der Waals surface area (Å²) in [5.74, 6) is 0. The van der Waals surface area contributed by atoms with E-state index < -0.39 is 22.4 Å². The predicted molar refractivity (Wildman–Crippen MR) is 67.6 cm³/mol. The van der Waals surface area contributed by atoms with Crippen LogP contribution in [-0.4, -0.2) is 29.7 Å². The first-order chi connectivity index (χ1) is 9.31. The van der Waals surface area contributed by atoms with Crippen molar-refractivity contribution < 1.29 is 23.2 Å². The third-order valence-corrected chi connectivity index (χ3v) is 2.56. The van der Waals surface area contributed by atoms with Gasteiger partial charge in [0, 0.05) is 19.2 Å². The van der Waals surface area contributed by atoms with Crippen LogP contribution in [0.3, 0.4) is 0 Å². The highest BCUT2D eigenvalue weighted by Gasteiger charge is 2.33. The monoisotopic (exact) mass is 290 g/mol. The maximum atomic E-state index is 12.6. The Balaban J connectivity index is 3.31. The molecule has 0 aliphatic rings. The van der Waals surface area contributed by atoms with E-state index >= 15 is 0 Å². The molecule has 0 radical (unpaired) electrons. The van der Waals surface area contributed by atoms with Crippen molar-refractivity contribution in [2.75, 3.05) is 24.6 Å². The molecule has 0 atom stereocenters. The van der Waals surface area contributed by atoms with Gasteiger partial charge in [-0.1, -0.05) is 6.08 Å². The van der Waals surface area contributed by atoms with Gasteiger partial charge in [-0.15, -0.1) is 6.58 Å². The van der Waals surface area contributed by atoms with Crippen molar-refractivity contribution in [1.82, 2.24) is 0 Å². The lowest BCUT2D eigenvalue weighted by atomic mass is 10.1. The standard InChI is InChI=1S/C12H13F3N2O3/c1-2-5-16(6-7-18)10-4-3-9(12(13,14)15)8-11(10)17(19)20/h2-4,8,18H,1,5-7H2. The maximum Gasteiger partial charge on any atom is 0.416 e. The molecule has 0 aromatic heterocycles. The first-order valence-electron chi connectivity index (χ1n) is 5.63. The van der Waals surface area contributed by atoms with Crippen molar-refractivity contribution in [2.24, 2.45) is 0 Å². The molecule has 8 heteroatoms. The Morgan fingerprint density at radius 1 is 1.45 bits per heavy atom. The fourth-order valence-corrected chi connectivity index (χ4v) is 1.70. The summed E-state index contributed by atoms with van der Waals surface area (Å²) in [6.45, 7) is 3.41. The molecular formula is C12H13F3N2O3. The number of nitrogens with zero attached hydrogens (tertiary/aromatic N) is 2. The van der Waals surface area contributed by atoms with E-state index in [4.69, 9.17) is 5.11 Å². The summed E-state index contributed by atoms with van der Waals surface area (Å²) in [4.78, 5) is 11.4. The lowest BCUT2D eigenvalue weighted by Gasteiger charge is -2.22. The van der Waals surface area contributed by atoms with Crippen LogP contribution in [0.1, 0.15) is 5.56 Å². The third-order valence-electron chi connectivity index (χ3n) is 2.56. The second-order valence-corrected chi connectivity index (χ2v) is 3.92. The highest BCUT2D eigenvalue weighted by Crippen LogP contribution is 2.36. The molecule has 0 saturated heterocycles. The van der Waals surface area contributed by atoms with Gasteiger partial charge in [0.25, 0.3) is 5.69 Å². The number of nitro benzene ring substituents is 1. The number of aliphatic hydroxyl groups is 1. The Kier molecular flexibility index (Phi) is 5.09. The summed E-state index contributed by atoms with van der Waals surface area (Å²) >= 11 is 0. The minimum absolute atomic E-state index is 0.0111. The van der Waals surface area contributed by atoms with Crippen LogP contribution in [0.2, 0.25) is 0 Å². The normalized spacial score (nSPS) is 11.2. The van der Waals surface area contributed by atoms with E-state index in [0.717, 1.165) is 12.1 Å². The molecule has 0 spiro atoms. The Bertz CT molecular complexity index is 503. The SMILES string of the molecule is C=CCN(CCO)c1ccc(C(F)(F)F)cc1[N+](=O)[O-]. The van der Waals surface area contributed by atoms with Crippen molar-refractivity contribution in [3.63, 3.8) is 0 Å². The van der Waals surface area contributed by atoms with E-state index in [1.54, 1.807) is 0 Å². The molecule has 0 saturated carbocycles. The first kappa shape index (κ1) is 16.0. The second kappa shape index (κ2) is 6.38. The molecule has 1 aromatic rings. The van der Waals surface area contributed by atoms with E-state index in [-0.39, 0.29) is 25.4 Å². The second-order valence-electron chi connectivity index (χ2n) is 3.92. The van der Waals surface area contributed by atoms with E-state index in [0.29, 0.717) is 6.07 Å². The molecule has 0 amide bonds. The number of hydrogen-bond donors (Lipinski definition) is 1. The Hall–Kier alpha value is -2.09. The number of benzene rings is 1. The molecule has 0 bridgehead atoms.